The van der Waals surface area contributed by atoms with E-state index in [0.717, 1.165) is 5.56 Å². The van der Waals surface area contributed by atoms with Crippen molar-refractivity contribution in [2.45, 2.75) is 25.8 Å². The maximum Gasteiger partial charge on any atom is 0.252 e. The van der Waals surface area contributed by atoms with Gasteiger partial charge in [-0.3, -0.25) is 4.79 Å². The van der Waals surface area contributed by atoms with Gasteiger partial charge in [0, 0.05) is 17.1 Å². The van der Waals surface area contributed by atoms with Crippen LogP contribution in [0.15, 0.2) is 46.9 Å². The quantitative estimate of drug-likeness (QED) is 0.752. The SMILES string of the molecule is CC(C)c1ccc(C(N)CNC(=O)c2cc(F)ccc2Br)cc1.Cl. The summed E-state index contributed by atoms with van der Waals surface area (Å²) < 4.78 is 13.8. The fraction of sp³-hybridized carbons (Fsp3) is 0.278. The minimum atomic E-state index is -0.452. The van der Waals surface area contributed by atoms with Crippen LogP contribution in [0.5, 0.6) is 0 Å². The van der Waals surface area contributed by atoms with E-state index in [-0.39, 0.29) is 36.5 Å². The number of rotatable bonds is 5. The fourth-order valence-electron chi connectivity index (χ4n) is 2.22. The van der Waals surface area contributed by atoms with Crippen LogP contribution in [-0.2, 0) is 0 Å². The predicted octanol–water partition coefficient (Wildman–Crippen LogP) is 4.56. The van der Waals surface area contributed by atoms with Crippen molar-refractivity contribution in [3.8, 4) is 0 Å². The molecule has 2 rings (SSSR count). The van der Waals surface area contributed by atoms with Crippen LogP contribution >= 0.6 is 28.3 Å². The van der Waals surface area contributed by atoms with E-state index in [4.69, 9.17) is 5.73 Å². The molecule has 0 saturated carbocycles. The van der Waals surface area contributed by atoms with Gasteiger partial charge in [0.1, 0.15) is 5.82 Å². The molecule has 0 aliphatic carbocycles. The van der Waals surface area contributed by atoms with Crippen LogP contribution in [0.2, 0.25) is 0 Å². The van der Waals surface area contributed by atoms with Crippen molar-refractivity contribution in [3.05, 3.63) is 69.4 Å². The molecule has 6 heteroatoms. The van der Waals surface area contributed by atoms with Crippen molar-refractivity contribution in [2.24, 2.45) is 5.73 Å². The molecule has 0 saturated heterocycles. The molecule has 130 valence electrons. The first-order valence-corrected chi connectivity index (χ1v) is 8.26. The van der Waals surface area contributed by atoms with Crippen molar-refractivity contribution < 1.29 is 9.18 Å². The highest BCUT2D eigenvalue weighted by molar-refractivity contribution is 9.10. The highest BCUT2D eigenvalue weighted by Crippen LogP contribution is 2.19. The highest BCUT2D eigenvalue weighted by Gasteiger charge is 2.13. The molecule has 1 amide bonds. The summed E-state index contributed by atoms with van der Waals surface area (Å²) in [5.41, 5.74) is 8.57. The average molecular weight is 416 g/mol. The summed E-state index contributed by atoms with van der Waals surface area (Å²) in [6, 6.07) is 11.7. The summed E-state index contributed by atoms with van der Waals surface area (Å²) in [4.78, 5) is 12.1. The number of amides is 1. The monoisotopic (exact) mass is 414 g/mol. The van der Waals surface area contributed by atoms with E-state index in [2.05, 4.69) is 35.1 Å². The molecule has 3 nitrogen and oxygen atoms in total. The Morgan fingerprint density at radius 1 is 1.17 bits per heavy atom. The van der Waals surface area contributed by atoms with Crippen LogP contribution in [-0.4, -0.2) is 12.5 Å². The zero-order valence-electron chi connectivity index (χ0n) is 13.6. The molecule has 0 aliphatic heterocycles. The molecular weight excluding hydrogens is 395 g/mol. The third-order valence-corrected chi connectivity index (χ3v) is 4.38. The number of carbonyl (C=O) groups is 1. The van der Waals surface area contributed by atoms with Crippen LogP contribution in [0, 0.1) is 5.82 Å². The Morgan fingerprint density at radius 3 is 2.33 bits per heavy atom. The van der Waals surface area contributed by atoms with Gasteiger partial charge in [-0.05, 0) is 51.2 Å². The molecule has 0 spiro atoms. The lowest BCUT2D eigenvalue weighted by Gasteiger charge is -2.15. The number of hydrogen-bond acceptors (Lipinski definition) is 2. The Labute approximate surface area is 156 Å². The third kappa shape index (κ3) is 5.30. The molecule has 0 bridgehead atoms. The second-order valence-corrected chi connectivity index (χ2v) is 6.62. The standard InChI is InChI=1S/C18H20BrFN2O.ClH/c1-11(2)12-3-5-13(6-4-12)17(21)10-22-18(23)15-9-14(20)7-8-16(15)19;/h3-9,11,17H,10,21H2,1-2H3,(H,22,23);1H. The van der Waals surface area contributed by atoms with Crippen LogP contribution < -0.4 is 11.1 Å². The van der Waals surface area contributed by atoms with E-state index < -0.39 is 5.82 Å². The van der Waals surface area contributed by atoms with Crippen molar-refractivity contribution in [1.29, 1.82) is 0 Å². The lowest BCUT2D eigenvalue weighted by molar-refractivity contribution is 0.0950. The number of hydrogen-bond donors (Lipinski definition) is 2. The molecular formula is C18H21BrClFN2O. The van der Waals surface area contributed by atoms with E-state index in [0.29, 0.717) is 10.4 Å². The largest absolute Gasteiger partial charge is 0.350 e. The number of nitrogens with two attached hydrogens (primary N) is 1. The zero-order chi connectivity index (χ0) is 17.0. The summed E-state index contributed by atoms with van der Waals surface area (Å²) in [5, 5.41) is 2.74. The van der Waals surface area contributed by atoms with Gasteiger partial charge in [-0.25, -0.2) is 4.39 Å². The van der Waals surface area contributed by atoms with Gasteiger partial charge in [0.2, 0.25) is 0 Å². The van der Waals surface area contributed by atoms with Gasteiger partial charge < -0.3 is 11.1 Å². The first kappa shape index (κ1) is 20.6. The van der Waals surface area contributed by atoms with Crippen molar-refractivity contribution in [1.82, 2.24) is 5.32 Å². The lowest BCUT2D eigenvalue weighted by atomic mass is 9.99. The average Bonchev–Trinajstić information content (AvgIpc) is 2.54. The first-order chi connectivity index (χ1) is 10.9. The van der Waals surface area contributed by atoms with E-state index in [1.807, 2.05) is 24.3 Å². The number of halogens is 3. The second kappa shape index (κ2) is 9.16. The van der Waals surface area contributed by atoms with Gasteiger partial charge in [-0.15, -0.1) is 12.4 Å². The van der Waals surface area contributed by atoms with Gasteiger partial charge in [-0.1, -0.05) is 38.1 Å². The molecule has 2 aromatic carbocycles. The Hall–Kier alpha value is -1.43. The Kier molecular flexibility index (Phi) is 7.87. The Morgan fingerprint density at radius 2 is 1.75 bits per heavy atom. The predicted molar refractivity (Wildman–Crippen MR) is 101 cm³/mol. The van der Waals surface area contributed by atoms with Crippen molar-refractivity contribution in [2.75, 3.05) is 6.54 Å². The van der Waals surface area contributed by atoms with Crippen LogP contribution in [0.3, 0.4) is 0 Å². The summed E-state index contributed by atoms with van der Waals surface area (Å²) in [5.74, 6) is -0.345. The zero-order valence-corrected chi connectivity index (χ0v) is 16.0. The summed E-state index contributed by atoms with van der Waals surface area (Å²) in [6.45, 7) is 4.54. The fourth-order valence-corrected chi connectivity index (χ4v) is 2.64. The smallest absolute Gasteiger partial charge is 0.252 e. The van der Waals surface area contributed by atoms with Gasteiger partial charge in [0.05, 0.1) is 5.56 Å². The maximum absolute atomic E-state index is 13.2. The minimum Gasteiger partial charge on any atom is -0.350 e. The van der Waals surface area contributed by atoms with Gasteiger partial charge in [0.25, 0.3) is 5.91 Å². The summed E-state index contributed by atoms with van der Waals surface area (Å²) in [7, 11) is 0. The third-order valence-electron chi connectivity index (χ3n) is 3.69. The minimum absolute atomic E-state index is 0. The molecule has 0 aromatic heterocycles. The number of benzene rings is 2. The molecule has 1 atom stereocenters. The number of nitrogens with one attached hydrogen (secondary N) is 1. The van der Waals surface area contributed by atoms with Gasteiger partial charge in [-0.2, -0.15) is 0 Å². The topological polar surface area (TPSA) is 55.1 Å². The molecule has 1 unspecified atom stereocenters. The Balaban J connectivity index is 0.00000288. The van der Waals surface area contributed by atoms with Crippen molar-refractivity contribution >= 4 is 34.2 Å². The van der Waals surface area contributed by atoms with E-state index >= 15 is 0 Å². The van der Waals surface area contributed by atoms with Gasteiger partial charge >= 0.3 is 0 Å². The van der Waals surface area contributed by atoms with Crippen LogP contribution in [0.4, 0.5) is 4.39 Å². The second-order valence-electron chi connectivity index (χ2n) is 5.76. The maximum atomic E-state index is 13.2. The normalized spacial score (nSPS) is 11.8. The summed E-state index contributed by atoms with van der Waals surface area (Å²) >= 11 is 3.25. The van der Waals surface area contributed by atoms with Gasteiger partial charge in [0.15, 0.2) is 0 Å². The highest BCUT2D eigenvalue weighted by atomic mass is 79.9. The van der Waals surface area contributed by atoms with E-state index in [1.54, 1.807) is 0 Å². The molecule has 3 N–H and O–H groups in total. The molecule has 0 aliphatic rings. The molecule has 0 heterocycles. The van der Waals surface area contributed by atoms with E-state index in [1.165, 1.54) is 23.8 Å². The Bertz CT molecular complexity index is 692. The molecule has 0 fully saturated rings. The molecule has 2 aromatic rings. The summed E-state index contributed by atoms with van der Waals surface area (Å²) in [6.07, 6.45) is 0. The number of carbonyl (C=O) groups excluding carboxylic acids is 1. The molecule has 0 radical (unpaired) electrons. The van der Waals surface area contributed by atoms with Crippen LogP contribution in [0.25, 0.3) is 0 Å². The molecule has 24 heavy (non-hydrogen) atoms. The first-order valence-electron chi connectivity index (χ1n) is 7.47. The van der Waals surface area contributed by atoms with Crippen LogP contribution in [0.1, 0.15) is 47.3 Å². The lowest BCUT2D eigenvalue weighted by Crippen LogP contribution is -2.32. The van der Waals surface area contributed by atoms with Crippen molar-refractivity contribution in [3.63, 3.8) is 0 Å². The van der Waals surface area contributed by atoms with E-state index in [9.17, 15) is 9.18 Å².